The summed E-state index contributed by atoms with van der Waals surface area (Å²) < 4.78 is 0. The van der Waals surface area contributed by atoms with E-state index < -0.39 is 11.4 Å². The lowest BCUT2D eigenvalue weighted by molar-refractivity contribution is -0.231. The van der Waals surface area contributed by atoms with E-state index in [0.29, 0.717) is 29.5 Å². The highest BCUT2D eigenvalue weighted by molar-refractivity contribution is 6.04. The molecule has 0 aromatic heterocycles. The third-order valence-corrected chi connectivity index (χ3v) is 14.2. The van der Waals surface area contributed by atoms with Gasteiger partial charge in [0.1, 0.15) is 0 Å². The van der Waals surface area contributed by atoms with Crippen molar-refractivity contribution in [2.45, 2.75) is 99.3 Å². The Kier molecular flexibility index (Phi) is 6.24. The molecule has 0 unspecified atom stereocenters. The molecule has 0 amide bonds. The first kappa shape index (κ1) is 28.0. The summed E-state index contributed by atoms with van der Waals surface area (Å²) >= 11 is 0. The molecule has 5 aliphatic rings. The Morgan fingerprint density at radius 3 is 2.25 bits per heavy atom. The van der Waals surface area contributed by atoms with Crippen molar-refractivity contribution >= 4 is 17.8 Å². The fraction of sp³-hybridized carbons (Fsp3) is 0.676. The molecule has 5 saturated carbocycles. The Balaban J connectivity index is 1.42. The van der Waals surface area contributed by atoms with Crippen molar-refractivity contribution in [3.8, 4) is 0 Å². The number of hydrogen-bond acceptors (Lipinski definition) is 2. The first-order valence-corrected chi connectivity index (χ1v) is 15.9. The molecule has 216 valence electrons. The maximum absolute atomic E-state index is 14.0. The minimum absolute atomic E-state index is 0.0454. The summed E-state index contributed by atoms with van der Waals surface area (Å²) in [5, 5.41) is 10.6. The van der Waals surface area contributed by atoms with Crippen LogP contribution in [-0.2, 0) is 9.59 Å². The summed E-state index contributed by atoms with van der Waals surface area (Å²) in [7, 11) is 0. The van der Waals surface area contributed by atoms with E-state index in [1.165, 1.54) is 5.57 Å². The van der Waals surface area contributed by atoms with Gasteiger partial charge < -0.3 is 5.11 Å². The predicted octanol–water partition coefficient (Wildman–Crippen LogP) is 8.99. The maximum Gasteiger partial charge on any atom is 0.309 e. The number of carboxylic acid groups (broad SMARTS) is 1. The SMILES string of the molecule is C=C(C)[C@H]1CC[C@@]2(C(=O)O)CC[C@]3(C)[C@@H](CC[C@H]4[C@@]5(C)CC(=Cc6ccccc6)C(=O)C(C)(C)[C@@H]5CC[C@]43C)[C@H]12. The molecule has 0 radical (unpaired) electrons. The van der Waals surface area contributed by atoms with Crippen LogP contribution < -0.4 is 0 Å². The van der Waals surface area contributed by atoms with Crippen LogP contribution in [0.2, 0.25) is 0 Å². The molecule has 1 aromatic carbocycles. The molecular formula is C37H50O3. The van der Waals surface area contributed by atoms with E-state index in [0.717, 1.165) is 68.9 Å². The molecule has 9 atom stereocenters. The van der Waals surface area contributed by atoms with Gasteiger partial charge in [0.2, 0.25) is 0 Å². The van der Waals surface area contributed by atoms with Crippen molar-refractivity contribution in [1.29, 1.82) is 0 Å². The van der Waals surface area contributed by atoms with Crippen LogP contribution in [0.4, 0.5) is 0 Å². The Labute approximate surface area is 241 Å². The Bertz CT molecular complexity index is 1270. The minimum atomic E-state index is -0.580. The fourth-order valence-electron chi connectivity index (χ4n) is 12.2. The fourth-order valence-corrected chi connectivity index (χ4v) is 12.2. The normalized spacial score (nSPS) is 46.6. The molecule has 1 aromatic rings. The summed E-state index contributed by atoms with van der Waals surface area (Å²) in [5.41, 5.74) is 2.60. The molecule has 0 heterocycles. The number of benzene rings is 1. The molecule has 3 nitrogen and oxygen atoms in total. The van der Waals surface area contributed by atoms with Crippen LogP contribution in [0.1, 0.15) is 105 Å². The quantitative estimate of drug-likeness (QED) is 0.306. The first-order chi connectivity index (χ1) is 18.7. The van der Waals surface area contributed by atoms with Gasteiger partial charge in [-0.2, -0.15) is 0 Å². The average Bonchev–Trinajstić information content (AvgIpc) is 3.30. The Morgan fingerprint density at radius 1 is 0.900 bits per heavy atom. The maximum atomic E-state index is 14.0. The highest BCUT2D eigenvalue weighted by atomic mass is 16.4. The van der Waals surface area contributed by atoms with Crippen LogP contribution >= 0.6 is 0 Å². The third-order valence-electron chi connectivity index (χ3n) is 14.2. The smallest absolute Gasteiger partial charge is 0.309 e. The van der Waals surface area contributed by atoms with Gasteiger partial charge in [0.15, 0.2) is 5.78 Å². The lowest BCUT2D eigenvalue weighted by atomic mass is 9.32. The number of aliphatic carboxylic acids is 1. The number of fused-ring (bicyclic) bond motifs is 7. The number of Topliss-reactive ketones (excluding diaryl/α,β-unsaturated/α-hetero) is 1. The second-order valence-corrected chi connectivity index (χ2v) is 16.0. The third kappa shape index (κ3) is 3.48. The summed E-state index contributed by atoms with van der Waals surface area (Å²) in [5.74, 6) is 1.60. The van der Waals surface area contributed by atoms with Crippen molar-refractivity contribution in [3.05, 3.63) is 53.6 Å². The zero-order valence-corrected chi connectivity index (χ0v) is 25.7. The molecule has 1 N–H and O–H groups in total. The molecule has 6 rings (SSSR count). The zero-order valence-electron chi connectivity index (χ0n) is 25.7. The van der Waals surface area contributed by atoms with Gasteiger partial charge in [0, 0.05) is 5.41 Å². The van der Waals surface area contributed by atoms with Crippen molar-refractivity contribution in [3.63, 3.8) is 0 Å². The lowest BCUT2D eigenvalue weighted by Gasteiger charge is -2.72. The number of hydrogen-bond donors (Lipinski definition) is 1. The number of allylic oxidation sites excluding steroid dienone is 2. The van der Waals surface area contributed by atoms with E-state index in [1.54, 1.807) is 0 Å². The number of carbonyl (C=O) groups is 2. The van der Waals surface area contributed by atoms with Crippen molar-refractivity contribution in [2.75, 3.05) is 0 Å². The summed E-state index contributed by atoms with van der Waals surface area (Å²) in [6, 6.07) is 10.3. The molecule has 3 heteroatoms. The Hall–Kier alpha value is -2.16. The van der Waals surface area contributed by atoms with Crippen LogP contribution in [0.15, 0.2) is 48.1 Å². The van der Waals surface area contributed by atoms with Crippen molar-refractivity contribution in [1.82, 2.24) is 0 Å². The molecule has 40 heavy (non-hydrogen) atoms. The van der Waals surface area contributed by atoms with E-state index >= 15 is 0 Å². The van der Waals surface area contributed by atoms with Crippen molar-refractivity contribution < 1.29 is 14.7 Å². The second-order valence-electron chi connectivity index (χ2n) is 16.0. The van der Waals surface area contributed by atoms with Gasteiger partial charge in [-0.1, -0.05) is 77.1 Å². The monoisotopic (exact) mass is 542 g/mol. The molecule has 5 fully saturated rings. The molecule has 0 saturated heterocycles. The van der Waals surface area contributed by atoms with Gasteiger partial charge in [-0.3, -0.25) is 9.59 Å². The van der Waals surface area contributed by atoms with Gasteiger partial charge in [-0.25, -0.2) is 0 Å². The van der Waals surface area contributed by atoms with Gasteiger partial charge in [0.05, 0.1) is 5.41 Å². The summed E-state index contributed by atoms with van der Waals surface area (Å²) in [6.45, 7) is 18.6. The number of ketones is 1. The minimum Gasteiger partial charge on any atom is -0.481 e. The van der Waals surface area contributed by atoms with Crippen LogP contribution in [0.3, 0.4) is 0 Å². The topological polar surface area (TPSA) is 54.4 Å². The van der Waals surface area contributed by atoms with Gasteiger partial charge in [-0.15, -0.1) is 0 Å². The van der Waals surface area contributed by atoms with E-state index in [9.17, 15) is 14.7 Å². The molecule has 0 spiro atoms. The van der Waals surface area contributed by atoms with E-state index in [-0.39, 0.29) is 27.6 Å². The largest absolute Gasteiger partial charge is 0.481 e. The Morgan fingerprint density at radius 2 is 1.60 bits per heavy atom. The summed E-state index contributed by atoms with van der Waals surface area (Å²) in [4.78, 5) is 26.9. The number of rotatable bonds is 3. The lowest BCUT2D eigenvalue weighted by Crippen LogP contribution is -2.67. The van der Waals surface area contributed by atoms with Gasteiger partial charge in [0.25, 0.3) is 0 Å². The van der Waals surface area contributed by atoms with Crippen LogP contribution in [0.5, 0.6) is 0 Å². The van der Waals surface area contributed by atoms with E-state index in [1.807, 2.05) is 6.07 Å². The van der Waals surface area contributed by atoms with Crippen LogP contribution in [0, 0.1) is 56.7 Å². The van der Waals surface area contributed by atoms with Gasteiger partial charge >= 0.3 is 5.97 Å². The van der Waals surface area contributed by atoms with E-state index in [2.05, 4.69) is 78.5 Å². The van der Waals surface area contributed by atoms with Crippen molar-refractivity contribution in [2.24, 2.45) is 56.7 Å². The van der Waals surface area contributed by atoms with Crippen LogP contribution in [-0.4, -0.2) is 16.9 Å². The molecule has 5 aliphatic carbocycles. The van der Waals surface area contributed by atoms with Gasteiger partial charge in [-0.05, 0) is 128 Å². The second kappa shape index (κ2) is 8.92. The molecule has 0 bridgehead atoms. The molecular weight excluding hydrogens is 492 g/mol. The standard InChI is InChI=1S/C37H50O3/c1-23(2)26-15-18-37(32(39)40)20-19-35(6)27(30(26)37)13-14-29-34(5)22-25(21-24-11-9-8-10-12-24)31(38)33(3,4)28(34)16-17-36(29,35)7/h8-12,21,26-30H,1,13-20,22H2,2-7H3,(H,39,40)/t26-,27+,28+,29+,30+,34+,35-,36-,37-/m1/s1. The summed E-state index contributed by atoms with van der Waals surface area (Å²) in [6.07, 6.45) is 11.1. The zero-order chi connectivity index (χ0) is 28.9. The average molecular weight is 543 g/mol. The van der Waals surface area contributed by atoms with Crippen LogP contribution in [0.25, 0.3) is 6.08 Å². The predicted molar refractivity (Wildman–Crippen MR) is 161 cm³/mol. The molecule has 0 aliphatic heterocycles. The van der Waals surface area contributed by atoms with E-state index in [4.69, 9.17) is 0 Å². The first-order valence-electron chi connectivity index (χ1n) is 15.9. The highest BCUT2D eigenvalue weighted by Crippen LogP contribution is 2.77. The number of carboxylic acids is 1. The number of carbonyl (C=O) groups excluding carboxylic acids is 1. The highest BCUT2D eigenvalue weighted by Gasteiger charge is 2.72.